The predicted molar refractivity (Wildman–Crippen MR) is 81.0 cm³/mol. The molecule has 0 aliphatic carbocycles. The summed E-state index contributed by atoms with van der Waals surface area (Å²) in [6.07, 6.45) is 0.609. The van der Waals surface area contributed by atoms with Gasteiger partial charge in [-0.05, 0) is 19.4 Å². The summed E-state index contributed by atoms with van der Waals surface area (Å²) >= 11 is 6.28. The van der Waals surface area contributed by atoms with Crippen LogP contribution in [-0.4, -0.2) is 23.0 Å². The maximum absolute atomic E-state index is 6.37. The zero-order valence-electron chi connectivity index (χ0n) is 12.1. The van der Waals surface area contributed by atoms with Crippen molar-refractivity contribution >= 4 is 11.6 Å². The molecule has 21 heavy (non-hydrogen) atoms. The van der Waals surface area contributed by atoms with Gasteiger partial charge in [0.05, 0.1) is 5.69 Å². The average molecular weight is 308 g/mol. The van der Waals surface area contributed by atoms with E-state index in [1.807, 2.05) is 32.2 Å². The monoisotopic (exact) mass is 307 g/mol. The first-order chi connectivity index (χ1) is 10.1. The Labute approximate surface area is 128 Å². The van der Waals surface area contributed by atoms with Crippen LogP contribution < -0.4 is 15.2 Å². The minimum atomic E-state index is -0.220. The number of hydrogen-bond donors (Lipinski definition) is 1. The molecule has 1 atom stereocenters. The Hall–Kier alpha value is -1.72. The zero-order valence-corrected chi connectivity index (χ0v) is 12.9. The molecule has 1 aromatic heterocycles. The predicted octanol–water partition coefficient (Wildman–Crippen LogP) is 2.40. The molecule has 0 saturated carbocycles. The van der Waals surface area contributed by atoms with Crippen LogP contribution in [0.5, 0.6) is 11.5 Å². The lowest BCUT2D eigenvalue weighted by molar-refractivity contribution is 0.169. The summed E-state index contributed by atoms with van der Waals surface area (Å²) in [5.41, 5.74) is 9.18. The molecular formula is C15H18ClN3O2. The Balaban J connectivity index is 1.91. The Morgan fingerprint density at radius 1 is 1.38 bits per heavy atom. The van der Waals surface area contributed by atoms with Gasteiger partial charge in [-0.25, -0.2) is 0 Å². The van der Waals surface area contributed by atoms with Gasteiger partial charge in [-0.2, -0.15) is 5.10 Å². The molecule has 0 saturated heterocycles. The highest BCUT2D eigenvalue weighted by atomic mass is 35.5. The van der Waals surface area contributed by atoms with E-state index in [2.05, 4.69) is 5.10 Å². The van der Waals surface area contributed by atoms with E-state index in [9.17, 15) is 0 Å². The smallest absolute Gasteiger partial charge is 0.166 e. The summed E-state index contributed by atoms with van der Waals surface area (Å²) in [6, 6.07) is 5.58. The Morgan fingerprint density at radius 2 is 2.14 bits per heavy atom. The third-order valence-electron chi connectivity index (χ3n) is 3.69. The van der Waals surface area contributed by atoms with Gasteiger partial charge in [0.1, 0.15) is 18.4 Å². The van der Waals surface area contributed by atoms with Crippen LogP contribution >= 0.6 is 11.6 Å². The summed E-state index contributed by atoms with van der Waals surface area (Å²) < 4.78 is 13.0. The standard InChI is InChI=1S/C15H18ClN3O2/c1-9-11(15(16)19(2)18-9)8-12(17)10-4-3-5-13-14(10)21-7-6-20-13/h3-5,12H,6-8,17H2,1-2H3. The van der Waals surface area contributed by atoms with Crippen molar-refractivity contribution in [2.75, 3.05) is 13.2 Å². The molecule has 0 radical (unpaired) electrons. The van der Waals surface area contributed by atoms with Gasteiger partial charge in [0.25, 0.3) is 0 Å². The molecular weight excluding hydrogens is 290 g/mol. The van der Waals surface area contributed by atoms with Crippen LogP contribution in [0, 0.1) is 6.92 Å². The molecule has 3 rings (SSSR count). The van der Waals surface area contributed by atoms with E-state index in [-0.39, 0.29) is 6.04 Å². The average Bonchev–Trinajstić information content (AvgIpc) is 2.73. The van der Waals surface area contributed by atoms with Crippen molar-refractivity contribution in [1.82, 2.24) is 9.78 Å². The van der Waals surface area contributed by atoms with Crippen LogP contribution in [0.1, 0.15) is 22.9 Å². The molecule has 1 unspecified atom stereocenters. The Morgan fingerprint density at radius 3 is 2.86 bits per heavy atom. The summed E-state index contributed by atoms with van der Waals surface area (Å²) in [5.74, 6) is 1.50. The third kappa shape index (κ3) is 2.59. The topological polar surface area (TPSA) is 62.3 Å². The van der Waals surface area contributed by atoms with E-state index in [1.54, 1.807) is 4.68 Å². The minimum Gasteiger partial charge on any atom is -0.486 e. The lowest BCUT2D eigenvalue weighted by atomic mass is 9.98. The van der Waals surface area contributed by atoms with Gasteiger partial charge >= 0.3 is 0 Å². The lowest BCUT2D eigenvalue weighted by Gasteiger charge is -2.23. The highest BCUT2D eigenvalue weighted by Crippen LogP contribution is 2.37. The second-order valence-electron chi connectivity index (χ2n) is 5.16. The van der Waals surface area contributed by atoms with Crippen LogP contribution in [0.25, 0.3) is 0 Å². The Bertz CT molecular complexity index is 669. The zero-order chi connectivity index (χ0) is 15.0. The largest absolute Gasteiger partial charge is 0.486 e. The molecule has 0 amide bonds. The number of hydrogen-bond acceptors (Lipinski definition) is 4. The second-order valence-corrected chi connectivity index (χ2v) is 5.52. The van der Waals surface area contributed by atoms with E-state index >= 15 is 0 Å². The van der Waals surface area contributed by atoms with Gasteiger partial charge in [0.15, 0.2) is 11.5 Å². The summed E-state index contributed by atoms with van der Waals surface area (Å²) in [7, 11) is 1.83. The van der Waals surface area contributed by atoms with Crippen molar-refractivity contribution in [3.05, 3.63) is 40.2 Å². The van der Waals surface area contributed by atoms with E-state index in [0.29, 0.717) is 24.8 Å². The quantitative estimate of drug-likeness (QED) is 0.946. The molecule has 1 aliphatic rings. The van der Waals surface area contributed by atoms with E-state index < -0.39 is 0 Å². The van der Waals surface area contributed by atoms with Crippen LogP contribution in [-0.2, 0) is 13.5 Å². The first-order valence-electron chi connectivity index (χ1n) is 6.90. The van der Waals surface area contributed by atoms with Gasteiger partial charge in [-0.3, -0.25) is 4.68 Å². The minimum absolute atomic E-state index is 0.220. The second kappa shape index (κ2) is 5.58. The lowest BCUT2D eigenvalue weighted by Crippen LogP contribution is -2.20. The number of fused-ring (bicyclic) bond motifs is 1. The number of aromatic nitrogens is 2. The van der Waals surface area contributed by atoms with E-state index in [1.165, 1.54) is 0 Å². The normalized spacial score (nSPS) is 15.0. The van der Waals surface area contributed by atoms with Crippen molar-refractivity contribution in [1.29, 1.82) is 0 Å². The van der Waals surface area contributed by atoms with E-state index in [0.717, 1.165) is 28.3 Å². The fourth-order valence-electron chi connectivity index (χ4n) is 2.62. The van der Waals surface area contributed by atoms with Gasteiger partial charge in [-0.15, -0.1) is 0 Å². The highest BCUT2D eigenvalue weighted by Gasteiger charge is 2.22. The fraction of sp³-hybridized carbons (Fsp3) is 0.400. The number of benzene rings is 1. The number of rotatable bonds is 3. The fourth-order valence-corrected chi connectivity index (χ4v) is 2.88. The molecule has 2 heterocycles. The van der Waals surface area contributed by atoms with Crippen molar-refractivity contribution in [2.24, 2.45) is 12.8 Å². The van der Waals surface area contributed by atoms with Crippen molar-refractivity contribution in [3.8, 4) is 11.5 Å². The SMILES string of the molecule is Cc1nn(C)c(Cl)c1CC(N)c1cccc2c1OCCO2. The summed E-state index contributed by atoms with van der Waals surface area (Å²) in [5, 5.41) is 4.95. The molecule has 1 aliphatic heterocycles. The number of halogens is 1. The Kier molecular flexibility index (Phi) is 3.78. The van der Waals surface area contributed by atoms with Crippen molar-refractivity contribution < 1.29 is 9.47 Å². The van der Waals surface area contributed by atoms with Crippen LogP contribution in [0.4, 0.5) is 0 Å². The van der Waals surface area contributed by atoms with E-state index in [4.69, 9.17) is 26.8 Å². The maximum Gasteiger partial charge on any atom is 0.166 e. The molecule has 2 aromatic rings. The van der Waals surface area contributed by atoms with Gasteiger partial charge in [0, 0.05) is 24.2 Å². The van der Waals surface area contributed by atoms with Gasteiger partial charge in [0.2, 0.25) is 0 Å². The van der Waals surface area contributed by atoms with Crippen LogP contribution in [0.15, 0.2) is 18.2 Å². The molecule has 0 spiro atoms. The number of nitrogens with two attached hydrogens (primary N) is 1. The van der Waals surface area contributed by atoms with Crippen LogP contribution in [0.3, 0.4) is 0 Å². The number of para-hydroxylation sites is 1. The number of nitrogens with zero attached hydrogens (tertiary/aromatic N) is 2. The van der Waals surface area contributed by atoms with Crippen LogP contribution in [0.2, 0.25) is 5.15 Å². The third-order valence-corrected chi connectivity index (χ3v) is 4.16. The van der Waals surface area contributed by atoms with Crippen molar-refractivity contribution in [2.45, 2.75) is 19.4 Å². The molecule has 2 N–H and O–H groups in total. The first-order valence-corrected chi connectivity index (χ1v) is 7.27. The highest BCUT2D eigenvalue weighted by molar-refractivity contribution is 6.30. The molecule has 6 heteroatoms. The molecule has 1 aromatic carbocycles. The first kappa shape index (κ1) is 14.2. The van der Waals surface area contributed by atoms with Gasteiger partial charge < -0.3 is 15.2 Å². The van der Waals surface area contributed by atoms with Crippen molar-refractivity contribution in [3.63, 3.8) is 0 Å². The summed E-state index contributed by atoms with van der Waals surface area (Å²) in [4.78, 5) is 0. The molecule has 0 fully saturated rings. The number of aryl methyl sites for hydroxylation is 2. The number of ether oxygens (including phenoxy) is 2. The molecule has 0 bridgehead atoms. The van der Waals surface area contributed by atoms with Gasteiger partial charge in [-0.1, -0.05) is 23.7 Å². The molecule has 112 valence electrons. The summed E-state index contributed by atoms with van der Waals surface area (Å²) in [6.45, 7) is 3.05. The maximum atomic E-state index is 6.37. The molecule has 5 nitrogen and oxygen atoms in total.